The Kier molecular flexibility index (Phi) is 5.25. The van der Waals surface area contributed by atoms with Gasteiger partial charge in [0.1, 0.15) is 5.75 Å². The summed E-state index contributed by atoms with van der Waals surface area (Å²) in [6.07, 6.45) is 0. The Morgan fingerprint density at radius 3 is 2.30 bits per heavy atom. The third-order valence-electron chi connectivity index (χ3n) is 3.05. The molecule has 106 valence electrons. The van der Waals surface area contributed by atoms with E-state index in [1.807, 2.05) is 31.2 Å². The van der Waals surface area contributed by atoms with Crippen molar-refractivity contribution < 1.29 is 4.74 Å². The van der Waals surface area contributed by atoms with Crippen LogP contribution in [0, 0.1) is 6.92 Å². The first-order chi connectivity index (χ1) is 9.43. The Bertz CT molecular complexity index is 643. The molecule has 0 spiro atoms. The van der Waals surface area contributed by atoms with Crippen LogP contribution in [0.25, 0.3) is 0 Å². The van der Waals surface area contributed by atoms with Crippen molar-refractivity contribution in [3.8, 4) is 5.75 Å². The van der Waals surface area contributed by atoms with E-state index in [2.05, 4.69) is 15.9 Å². The summed E-state index contributed by atoms with van der Waals surface area (Å²) in [6.45, 7) is 2.01. The monoisotopic (exact) mass is 392 g/mol. The van der Waals surface area contributed by atoms with Gasteiger partial charge < -0.3 is 4.74 Å². The molecule has 1 unspecified atom stereocenters. The number of methoxy groups -OCH3 is 1. The standard InChI is InChI=1S/C15H12BrCl3O/c1-8-5-9(17)3-4-10(8)15(16)11-6-13(19)14(20-2)7-12(11)18/h3-7,15H,1-2H3. The van der Waals surface area contributed by atoms with E-state index in [1.165, 1.54) is 0 Å². The molecule has 0 saturated carbocycles. The molecule has 0 aliphatic carbocycles. The smallest absolute Gasteiger partial charge is 0.138 e. The lowest BCUT2D eigenvalue weighted by Gasteiger charge is -2.17. The SMILES string of the molecule is COc1cc(Cl)c(C(Br)c2ccc(Cl)cc2C)cc1Cl. The third-order valence-corrected chi connectivity index (χ3v) is 4.89. The summed E-state index contributed by atoms with van der Waals surface area (Å²) in [7, 11) is 1.56. The second-order valence-corrected chi connectivity index (χ2v) is 6.54. The Morgan fingerprint density at radius 1 is 1.00 bits per heavy atom. The van der Waals surface area contributed by atoms with Gasteiger partial charge in [0.15, 0.2) is 0 Å². The van der Waals surface area contributed by atoms with E-state index in [4.69, 9.17) is 39.5 Å². The number of aryl methyl sites for hydroxylation is 1. The Hall–Kier alpha value is -0.410. The van der Waals surface area contributed by atoms with Gasteiger partial charge in [0.25, 0.3) is 0 Å². The number of rotatable bonds is 3. The zero-order valence-corrected chi connectivity index (χ0v) is 14.7. The summed E-state index contributed by atoms with van der Waals surface area (Å²) in [5.41, 5.74) is 3.07. The Labute approximate surface area is 141 Å². The first kappa shape index (κ1) is 16.0. The van der Waals surface area contributed by atoms with E-state index < -0.39 is 0 Å². The molecular formula is C15H12BrCl3O. The van der Waals surface area contributed by atoms with Crippen molar-refractivity contribution in [1.29, 1.82) is 0 Å². The van der Waals surface area contributed by atoms with Gasteiger partial charge in [-0.05, 0) is 41.8 Å². The molecule has 0 aromatic heterocycles. The zero-order valence-electron chi connectivity index (χ0n) is 10.9. The van der Waals surface area contributed by atoms with Crippen LogP contribution in [0.5, 0.6) is 5.75 Å². The zero-order chi connectivity index (χ0) is 14.9. The van der Waals surface area contributed by atoms with E-state index in [0.717, 1.165) is 16.7 Å². The molecule has 0 fully saturated rings. The van der Waals surface area contributed by atoms with E-state index >= 15 is 0 Å². The molecule has 5 heteroatoms. The molecule has 0 bridgehead atoms. The average Bonchev–Trinajstić information content (AvgIpc) is 2.40. The maximum absolute atomic E-state index is 6.31. The number of alkyl halides is 1. The molecule has 0 heterocycles. The van der Waals surface area contributed by atoms with Crippen molar-refractivity contribution in [2.45, 2.75) is 11.8 Å². The van der Waals surface area contributed by atoms with Gasteiger partial charge in [-0.1, -0.05) is 56.8 Å². The number of hydrogen-bond donors (Lipinski definition) is 0. The molecule has 0 aliphatic heterocycles. The topological polar surface area (TPSA) is 9.23 Å². The van der Waals surface area contributed by atoms with Crippen LogP contribution in [-0.4, -0.2) is 7.11 Å². The van der Waals surface area contributed by atoms with Crippen molar-refractivity contribution in [2.24, 2.45) is 0 Å². The minimum atomic E-state index is -0.0596. The van der Waals surface area contributed by atoms with Crippen molar-refractivity contribution >= 4 is 50.7 Å². The van der Waals surface area contributed by atoms with Crippen molar-refractivity contribution in [3.63, 3.8) is 0 Å². The fraction of sp³-hybridized carbons (Fsp3) is 0.200. The van der Waals surface area contributed by atoms with Gasteiger partial charge in [0, 0.05) is 16.1 Å². The molecular weight excluding hydrogens is 382 g/mol. The van der Waals surface area contributed by atoms with Crippen molar-refractivity contribution in [1.82, 2.24) is 0 Å². The quantitative estimate of drug-likeness (QED) is 0.544. The largest absolute Gasteiger partial charge is 0.495 e. The van der Waals surface area contributed by atoms with Crippen molar-refractivity contribution in [2.75, 3.05) is 7.11 Å². The van der Waals surface area contributed by atoms with Crippen LogP contribution < -0.4 is 4.74 Å². The lowest BCUT2D eigenvalue weighted by atomic mass is 10.0. The fourth-order valence-electron chi connectivity index (χ4n) is 1.99. The molecule has 2 aromatic carbocycles. The summed E-state index contributed by atoms with van der Waals surface area (Å²) in [6, 6.07) is 9.29. The highest BCUT2D eigenvalue weighted by Crippen LogP contribution is 2.41. The predicted octanol–water partition coefficient (Wildman–Crippen LogP) is 6.45. The summed E-state index contributed by atoms with van der Waals surface area (Å²) >= 11 is 22.1. The normalized spacial score (nSPS) is 12.3. The number of ether oxygens (including phenoxy) is 1. The predicted molar refractivity (Wildman–Crippen MR) is 90.0 cm³/mol. The molecule has 20 heavy (non-hydrogen) atoms. The first-order valence-electron chi connectivity index (χ1n) is 5.87. The van der Waals surface area contributed by atoms with Crippen LogP contribution in [-0.2, 0) is 0 Å². The summed E-state index contributed by atoms with van der Waals surface area (Å²) in [5.74, 6) is 0.563. The highest BCUT2D eigenvalue weighted by atomic mass is 79.9. The Morgan fingerprint density at radius 2 is 1.70 bits per heavy atom. The van der Waals surface area contributed by atoms with Gasteiger partial charge in [-0.2, -0.15) is 0 Å². The second kappa shape index (κ2) is 6.57. The Balaban J connectivity index is 2.48. The lowest BCUT2D eigenvalue weighted by Crippen LogP contribution is -1.98. The van der Waals surface area contributed by atoms with Crippen LogP contribution in [0.15, 0.2) is 30.3 Å². The highest BCUT2D eigenvalue weighted by molar-refractivity contribution is 9.09. The molecule has 0 aliphatic rings. The van der Waals surface area contributed by atoms with Gasteiger partial charge in [-0.25, -0.2) is 0 Å². The molecule has 1 atom stereocenters. The lowest BCUT2D eigenvalue weighted by molar-refractivity contribution is 0.415. The van der Waals surface area contributed by atoms with Crippen LogP contribution in [0.3, 0.4) is 0 Å². The maximum Gasteiger partial charge on any atom is 0.138 e. The van der Waals surface area contributed by atoms with E-state index in [-0.39, 0.29) is 4.83 Å². The molecule has 0 radical (unpaired) electrons. The minimum absolute atomic E-state index is 0.0596. The molecule has 0 saturated heterocycles. The van der Waals surface area contributed by atoms with Crippen LogP contribution in [0.2, 0.25) is 15.1 Å². The summed E-state index contributed by atoms with van der Waals surface area (Å²) < 4.78 is 5.16. The van der Waals surface area contributed by atoms with E-state index in [1.54, 1.807) is 13.2 Å². The van der Waals surface area contributed by atoms with Gasteiger partial charge in [0.05, 0.1) is 17.0 Å². The number of benzene rings is 2. The highest BCUT2D eigenvalue weighted by Gasteiger charge is 2.18. The first-order valence-corrected chi connectivity index (χ1v) is 7.92. The summed E-state index contributed by atoms with van der Waals surface area (Å²) in [5, 5.41) is 1.84. The number of hydrogen-bond acceptors (Lipinski definition) is 1. The number of halogens is 4. The minimum Gasteiger partial charge on any atom is -0.495 e. The molecule has 2 rings (SSSR count). The van der Waals surface area contributed by atoms with E-state index in [0.29, 0.717) is 20.8 Å². The molecule has 1 nitrogen and oxygen atoms in total. The summed E-state index contributed by atoms with van der Waals surface area (Å²) in [4.78, 5) is -0.0596. The van der Waals surface area contributed by atoms with Crippen LogP contribution in [0.4, 0.5) is 0 Å². The molecule has 0 N–H and O–H groups in total. The van der Waals surface area contributed by atoms with Gasteiger partial charge >= 0.3 is 0 Å². The average molecular weight is 395 g/mol. The van der Waals surface area contributed by atoms with Crippen molar-refractivity contribution in [3.05, 3.63) is 62.1 Å². The molecule has 2 aromatic rings. The van der Waals surface area contributed by atoms with Gasteiger partial charge in [0.2, 0.25) is 0 Å². The molecule has 0 amide bonds. The van der Waals surface area contributed by atoms with Gasteiger partial charge in [-0.3, -0.25) is 0 Å². The third kappa shape index (κ3) is 3.25. The fourth-order valence-corrected chi connectivity index (χ4v) is 3.75. The maximum atomic E-state index is 6.31. The van der Waals surface area contributed by atoms with Gasteiger partial charge in [-0.15, -0.1) is 0 Å². The van der Waals surface area contributed by atoms with Crippen LogP contribution >= 0.6 is 50.7 Å². The van der Waals surface area contributed by atoms with Crippen LogP contribution in [0.1, 0.15) is 21.5 Å². The van der Waals surface area contributed by atoms with E-state index in [9.17, 15) is 0 Å². The second-order valence-electron chi connectivity index (χ2n) is 4.37.